The Morgan fingerprint density at radius 1 is 1.10 bits per heavy atom. The lowest BCUT2D eigenvalue weighted by molar-refractivity contribution is -0.144. The minimum absolute atomic E-state index is 0.0460. The van der Waals surface area contributed by atoms with Crippen LogP contribution in [0.25, 0.3) is 0 Å². The number of nitrogens with one attached hydrogen (secondary N) is 1. The molecule has 7 nitrogen and oxygen atoms in total. The van der Waals surface area contributed by atoms with Crippen LogP contribution >= 0.6 is 0 Å². The standard InChI is InChI=1S/C13H24N2O5/c16-7-5-15(6-8-17)13(20)14-9-10-3-1-2-4-11(10)12(18)19/h10-11,16-17H,1-9H2,(H,14,20)(H,18,19). The maximum atomic E-state index is 11.9. The molecule has 0 bridgehead atoms. The van der Waals surface area contributed by atoms with Crippen molar-refractivity contribution in [2.45, 2.75) is 25.7 Å². The molecule has 20 heavy (non-hydrogen) atoms. The summed E-state index contributed by atoms with van der Waals surface area (Å²) in [6.07, 6.45) is 3.37. The van der Waals surface area contributed by atoms with Gasteiger partial charge in [-0.15, -0.1) is 0 Å². The first kappa shape index (κ1) is 16.7. The van der Waals surface area contributed by atoms with Gasteiger partial charge >= 0.3 is 12.0 Å². The number of aliphatic hydroxyl groups is 2. The van der Waals surface area contributed by atoms with Gasteiger partial charge in [0.2, 0.25) is 0 Å². The largest absolute Gasteiger partial charge is 0.481 e. The minimum Gasteiger partial charge on any atom is -0.481 e. The van der Waals surface area contributed by atoms with Crippen molar-refractivity contribution in [2.24, 2.45) is 11.8 Å². The third kappa shape index (κ3) is 4.97. The predicted molar refractivity (Wildman–Crippen MR) is 72.2 cm³/mol. The first-order chi connectivity index (χ1) is 9.60. The molecule has 1 saturated carbocycles. The fourth-order valence-corrected chi connectivity index (χ4v) is 2.66. The van der Waals surface area contributed by atoms with Crippen LogP contribution in [0.15, 0.2) is 0 Å². The number of rotatable bonds is 7. The molecule has 0 radical (unpaired) electrons. The van der Waals surface area contributed by atoms with Crippen molar-refractivity contribution in [3.8, 4) is 0 Å². The SMILES string of the molecule is O=C(O)C1CCCCC1CNC(=O)N(CCO)CCO. The van der Waals surface area contributed by atoms with Crippen molar-refractivity contribution in [2.75, 3.05) is 32.8 Å². The normalized spacial score (nSPS) is 22.3. The summed E-state index contributed by atoms with van der Waals surface area (Å²) in [5.41, 5.74) is 0. The lowest BCUT2D eigenvalue weighted by atomic mass is 9.79. The number of nitrogens with zero attached hydrogens (tertiary/aromatic N) is 1. The van der Waals surface area contributed by atoms with E-state index in [1.165, 1.54) is 4.90 Å². The van der Waals surface area contributed by atoms with Crippen LogP contribution < -0.4 is 5.32 Å². The second kappa shape index (κ2) is 8.76. The van der Waals surface area contributed by atoms with E-state index >= 15 is 0 Å². The zero-order chi connectivity index (χ0) is 15.0. The first-order valence-corrected chi connectivity index (χ1v) is 7.07. The maximum absolute atomic E-state index is 11.9. The number of amides is 2. The smallest absolute Gasteiger partial charge is 0.317 e. The van der Waals surface area contributed by atoms with Crippen molar-refractivity contribution in [1.29, 1.82) is 0 Å². The monoisotopic (exact) mass is 288 g/mol. The molecular formula is C13H24N2O5. The lowest BCUT2D eigenvalue weighted by Gasteiger charge is -2.29. The zero-order valence-corrected chi connectivity index (χ0v) is 11.6. The molecule has 1 aliphatic rings. The Morgan fingerprint density at radius 2 is 1.70 bits per heavy atom. The number of carbonyl (C=O) groups is 2. The van der Waals surface area contributed by atoms with Gasteiger partial charge in [0.25, 0.3) is 0 Å². The van der Waals surface area contributed by atoms with E-state index in [4.69, 9.17) is 15.3 Å². The van der Waals surface area contributed by atoms with Crippen LogP contribution in [-0.2, 0) is 4.79 Å². The van der Waals surface area contributed by atoms with E-state index in [2.05, 4.69) is 5.32 Å². The van der Waals surface area contributed by atoms with E-state index in [-0.39, 0.29) is 38.3 Å². The fraction of sp³-hybridized carbons (Fsp3) is 0.846. The second-order valence-corrected chi connectivity index (χ2v) is 5.11. The van der Waals surface area contributed by atoms with Crippen LogP contribution in [0.4, 0.5) is 4.79 Å². The molecule has 0 spiro atoms. The van der Waals surface area contributed by atoms with E-state index in [0.717, 1.165) is 19.3 Å². The highest BCUT2D eigenvalue weighted by molar-refractivity contribution is 5.74. The average molecular weight is 288 g/mol. The van der Waals surface area contributed by atoms with Crippen molar-refractivity contribution < 1.29 is 24.9 Å². The van der Waals surface area contributed by atoms with Crippen molar-refractivity contribution in [3.63, 3.8) is 0 Å². The number of carboxylic acid groups (broad SMARTS) is 1. The predicted octanol–water partition coefficient (Wildman–Crippen LogP) is -0.126. The topological polar surface area (TPSA) is 110 Å². The molecule has 0 aliphatic heterocycles. The van der Waals surface area contributed by atoms with Gasteiger partial charge in [0.05, 0.1) is 19.1 Å². The molecule has 116 valence electrons. The van der Waals surface area contributed by atoms with Crippen LogP contribution in [0.2, 0.25) is 0 Å². The van der Waals surface area contributed by atoms with Crippen LogP contribution in [0.3, 0.4) is 0 Å². The number of carbonyl (C=O) groups excluding carboxylic acids is 1. The van der Waals surface area contributed by atoms with Crippen LogP contribution in [0, 0.1) is 11.8 Å². The Morgan fingerprint density at radius 3 is 2.25 bits per heavy atom. The summed E-state index contributed by atoms with van der Waals surface area (Å²) in [6, 6.07) is -0.372. The third-order valence-electron chi connectivity index (χ3n) is 3.77. The summed E-state index contributed by atoms with van der Waals surface area (Å²) >= 11 is 0. The quantitative estimate of drug-likeness (QED) is 0.522. The Hall–Kier alpha value is -1.34. The molecule has 0 saturated heterocycles. The fourth-order valence-electron chi connectivity index (χ4n) is 2.66. The van der Waals surface area contributed by atoms with Gasteiger partial charge in [0, 0.05) is 19.6 Å². The second-order valence-electron chi connectivity index (χ2n) is 5.11. The molecule has 1 fully saturated rings. The molecule has 1 rings (SSSR count). The molecule has 7 heteroatoms. The van der Waals surface area contributed by atoms with E-state index in [0.29, 0.717) is 13.0 Å². The van der Waals surface area contributed by atoms with E-state index in [1.807, 2.05) is 0 Å². The van der Waals surface area contributed by atoms with Crippen LogP contribution in [0.5, 0.6) is 0 Å². The highest BCUT2D eigenvalue weighted by Gasteiger charge is 2.31. The molecule has 0 heterocycles. The van der Waals surface area contributed by atoms with Gasteiger partial charge in [0.1, 0.15) is 0 Å². The van der Waals surface area contributed by atoms with Gasteiger partial charge in [-0.25, -0.2) is 4.79 Å². The first-order valence-electron chi connectivity index (χ1n) is 7.07. The van der Waals surface area contributed by atoms with Gasteiger partial charge in [-0.1, -0.05) is 12.8 Å². The average Bonchev–Trinajstić information content (AvgIpc) is 2.44. The number of urea groups is 1. The van der Waals surface area contributed by atoms with Crippen LogP contribution in [-0.4, -0.2) is 65.1 Å². The summed E-state index contributed by atoms with van der Waals surface area (Å²) < 4.78 is 0. The number of carboxylic acids is 1. The Labute approximate surface area is 118 Å². The van der Waals surface area contributed by atoms with Gasteiger partial charge in [0.15, 0.2) is 0 Å². The van der Waals surface area contributed by atoms with E-state index in [9.17, 15) is 9.59 Å². The van der Waals surface area contributed by atoms with Gasteiger partial charge in [-0.2, -0.15) is 0 Å². The number of aliphatic carboxylic acids is 1. The van der Waals surface area contributed by atoms with E-state index in [1.54, 1.807) is 0 Å². The van der Waals surface area contributed by atoms with Crippen LogP contribution in [0.1, 0.15) is 25.7 Å². The Bertz CT molecular complexity index is 318. The van der Waals surface area contributed by atoms with Crippen molar-refractivity contribution in [1.82, 2.24) is 10.2 Å². The molecule has 0 aromatic rings. The highest BCUT2D eigenvalue weighted by atomic mass is 16.4. The molecule has 2 amide bonds. The summed E-state index contributed by atoms with van der Waals surface area (Å²) in [5, 5.41) is 29.6. The molecule has 4 N–H and O–H groups in total. The number of hydrogen-bond donors (Lipinski definition) is 4. The lowest BCUT2D eigenvalue weighted by Crippen LogP contribution is -2.46. The van der Waals surface area contributed by atoms with E-state index < -0.39 is 11.9 Å². The number of hydrogen-bond acceptors (Lipinski definition) is 4. The molecule has 0 aromatic carbocycles. The zero-order valence-electron chi connectivity index (χ0n) is 11.6. The van der Waals surface area contributed by atoms with Crippen molar-refractivity contribution >= 4 is 12.0 Å². The molecular weight excluding hydrogens is 264 g/mol. The molecule has 2 unspecified atom stereocenters. The summed E-state index contributed by atoms with van der Waals surface area (Å²) in [5.74, 6) is -1.24. The van der Waals surface area contributed by atoms with Gasteiger partial charge < -0.3 is 25.5 Å². The Kier molecular flexibility index (Phi) is 7.32. The maximum Gasteiger partial charge on any atom is 0.317 e. The minimum atomic E-state index is -0.800. The summed E-state index contributed by atoms with van der Waals surface area (Å²) in [4.78, 5) is 24.4. The summed E-state index contributed by atoms with van der Waals surface area (Å²) in [6.45, 7) is 0.283. The summed E-state index contributed by atoms with van der Waals surface area (Å²) in [7, 11) is 0. The molecule has 2 atom stereocenters. The third-order valence-corrected chi connectivity index (χ3v) is 3.77. The number of aliphatic hydroxyl groups excluding tert-OH is 2. The molecule has 0 aromatic heterocycles. The van der Waals surface area contributed by atoms with Gasteiger partial charge in [-0.05, 0) is 18.8 Å². The Balaban J connectivity index is 2.46. The van der Waals surface area contributed by atoms with Crippen molar-refractivity contribution in [3.05, 3.63) is 0 Å². The van der Waals surface area contributed by atoms with Gasteiger partial charge in [-0.3, -0.25) is 4.79 Å². The molecule has 1 aliphatic carbocycles. The highest BCUT2D eigenvalue weighted by Crippen LogP contribution is 2.29.